The van der Waals surface area contributed by atoms with Gasteiger partial charge >= 0.3 is 0 Å². The van der Waals surface area contributed by atoms with Crippen LogP contribution in [0.3, 0.4) is 0 Å². The molecule has 16 heavy (non-hydrogen) atoms. The number of carbonyl (C=O) groups excluding carboxylic acids is 1. The van der Waals surface area contributed by atoms with Gasteiger partial charge in [-0.25, -0.2) is 0 Å². The Morgan fingerprint density at radius 3 is 2.19 bits per heavy atom. The van der Waals surface area contributed by atoms with Crippen LogP contribution in [0.4, 0.5) is 0 Å². The normalized spacial score (nSPS) is 12.8. The van der Waals surface area contributed by atoms with Crippen molar-refractivity contribution in [1.29, 1.82) is 0 Å². The van der Waals surface area contributed by atoms with E-state index >= 15 is 0 Å². The molecule has 1 aromatic rings. The molecule has 0 aliphatic carbocycles. The van der Waals surface area contributed by atoms with Crippen molar-refractivity contribution in [3.8, 4) is 0 Å². The second-order valence-corrected chi connectivity index (χ2v) is 4.43. The van der Waals surface area contributed by atoms with Gasteiger partial charge in [0.25, 0.3) is 0 Å². The Kier molecular flexibility index (Phi) is 4.69. The number of hydrogen-bond acceptors (Lipinski definition) is 2. The van der Waals surface area contributed by atoms with Gasteiger partial charge in [0.1, 0.15) is 0 Å². The highest BCUT2D eigenvalue weighted by Gasteiger charge is 2.17. The number of benzene rings is 1. The predicted octanol–water partition coefficient (Wildman–Crippen LogP) is 3.01. The molecule has 0 fully saturated rings. The van der Waals surface area contributed by atoms with Crippen LogP contribution in [-0.2, 0) is 0 Å². The molecule has 0 saturated carbocycles. The predicted molar refractivity (Wildman–Crippen MR) is 65.7 cm³/mol. The number of aliphatic hydroxyl groups excluding tert-OH is 1. The summed E-state index contributed by atoms with van der Waals surface area (Å²) in [5, 5.41) is 9.08. The average Bonchev–Trinajstić information content (AvgIpc) is 2.30. The lowest BCUT2D eigenvalue weighted by atomic mass is 9.94. The van der Waals surface area contributed by atoms with E-state index in [4.69, 9.17) is 5.11 Å². The van der Waals surface area contributed by atoms with Crippen LogP contribution in [0, 0.1) is 5.92 Å². The fourth-order valence-corrected chi connectivity index (χ4v) is 1.67. The Hall–Kier alpha value is -1.15. The highest BCUT2D eigenvalue weighted by Crippen LogP contribution is 2.17. The lowest BCUT2D eigenvalue weighted by Crippen LogP contribution is -2.17. The molecular formula is C14H20O2. The van der Waals surface area contributed by atoms with Crippen LogP contribution in [0.25, 0.3) is 0 Å². The summed E-state index contributed by atoms with van der Waals surface area (Å²) in [6.45, 7) is 6.10. The number of hydrogen-bond donors (Lipinski definition) is 1. The van der Waals surface area contributed by atoms with Crippen molar-refractivity contribution in [2.75, 3.05) is 6.61 Å². The number of Topliss-reactive ketones (excluding diaryl/α,β-unsaturated/α-hetero) is 1. The maximum absolute atomic E-state index is 11.9. The summed E-state index contributed by atoms with van der Waals surface area (Å²) >= 11 is 0. The van der Waals surface area contributed by atoms with Crippen LogP contribution in [-0.4, -0.2) is 17.5 Å². The molecule has 0 amide bonds. The first-order valence-corrected chi connectivity index (χ1v) is 5.85. The van der Waals surface area contributed by atoms with Crippen LogP contribution >= 0.6 is 0 Å². The highest BCUT2D eigenvalue weighted by molar-refractivity contribution is 5.97. The fraction of sp³-hybridized carbons (Fsp3) is 0.500. The lowest BCUT2D eigenvalue weighted by Gasteiger charge is -2.11. The first kappa shape index (κ1) is 12.9. The number of aliphatic hydroxyl groups is 1. The topological polar surface area (TPSA) is 37.3 Å². The average molecular weight is 220 g/mol. The molecule has 0 aliphatic heterocycles. The van der Waals surface area contributed by atoms with Crippen LogP contribution in [0.5, 0.6) is 0 Å². The second-order valence-electron chi connectivity index (χ2n) is 4.43. The number of rotatable bonds is 5. The van der Waals surface area contributed by atoms with Gasteiger partial charge in [-0.3, -0.25) is 4.79 Å². The van der Waals surface area contributed by atoms with Crippen molar-refractivity contribution in [3.63, 3.8) is 0 Å². The van der Waals surface area contributed by atoms with Gasteiger partial charge in [-0.2, -0.15) is 0 Å². The second kappa shape index (κ2) is 5.80. The van der Waals surface area contributed by atoms with Gasteiger partial charge in [0, 0.05) is 11.5 Å². The van der Waals surface area contributed by atoms with E-state index in [1.54, 1.807) is 0 Å². The highest BCUT2D eigenvalue weighted by atomic mass is 16.3. The van der Waals surface area contributed by atoms with Crippen LogP contribution < -0.4 is 0 Å². The monoisotopic (exact) mass is 220 g/mol. The van der Waals surface area contributed by atoms with E-state index in [0.29, 0.717) is 17.9 Å². The lowest BCUT2D eigenvalue weighted by molar-refractivity contribution is 0.0856. The van der Waals surface area contributed by atoms with Gasteiger partial charge in [-0.1, -0.05) is 45.0 Å². The molecule has 1 rings (SSSR count). The van der Waals surface area contributed by atoms with E-state index in [2.05, 4.69) is 13.8 Å². The molecular weight excluding hydrogens is 200 g/mol. The van der Waals surface area contributed by atoms with E-state index < -0.39 is 0 Å². The largest absolute Gasteiger partial charge is 0.396 e. The zero-order valence-corrected chi connectivity index (χ0v) is 10.2. The van der Waals surface area contributed by atoms with E-state index in [0.717, 1.165) is 0 Å². The first-order chi connectivity index (χ1) is 7.60. The quantitative estimate of drug-likeness (QED) is 0.774. The Balaban J connectivity index is 2.85. The van der Waals surface area contributed by atoms with Crippen molar-refractivity contribution in [2.24, 2.45) is 5.92 Å². The third kappa shape index (κ3) is 2.92. The fourth-order valence-electron chi connectivity index (χ4n) is 1.67. The van der Waals surface area contributed by atoms with Crippen molar-refractivity contribution < 1.29 is 9.90 Å². The maximum atomic E-state index is 11.9. The number of ketones is 1. The first-order valence-electron chi connectivity index (χ1n) is 5.85. The van der Waals surface area contributed by atoms with Gasteiger partial charge in [0.15, 0.2) is 5.78 Å². The molecule has 2 heteroatoms. The molecule has 2 nitrogen and oxygen atoms in total. The SMILES string of the molecule is CCC(CO)C(=O)c1ccc(C(C)C)cc1. The minimum Gasteiger partial charge on any atom is -0.396 e. The minimum atomic E-state index is -0.259. The molecule has 0 saturated heterocycles. The van der Waals surface area contributed by atoms with Crippen LogP contribution in [0.1, 0.15) is 49.0 Å². The van der Waals surface area contributed by atoms with Crippen molar-refractivity contribution in [2.45, 2.75) is 33.1 Å². The molecule has 1 aromatic carbocycles. The van der Waals surface area contributed by atoms with E-state index in [1.807, 2.05) is 31.2 Å². The zero-order chi connectivity index (χ0) is 12.1. The van der Waals surface area contributed by atoms with E-state index in [1.165, 1.54) is 5.56 Å². The summed E-state index contributed by atoms with van der Waals surface area (Å²) in [6.07, 6.45) is 0.682. The molecule has 0 heterocycles. The minimum absolute atomic E-state index is 0.0420. The summed E-state index contributed by atoms with van der Waals surface area (Å²) in [5.74, 6) is 0.258. The third-order valence-electron chi connectivity index (χ3n) is 2.95. The Bertz CT molecular complexity index is 334. The van der Waals surface area contributed by atoms with Gasteiger partial charge in [-0.15, -0.1) is 0 Å². The molecule has 0 bridgehead atoms. The van der Waals surface area contributed by atoms with E-state index in [-0.39, 0.29) is 18.3 Å². The van der Waals surface area contributed by atoms with E-state index in [9.17, 15) is 4.79 Å². The van der Waals surface area contributed by atoms with Gasteiger partial charge < -0.3 is 5.11 Å². The molecule has 1 unspecified atom stereocenters. The summed E-state index contributed by atoms with van der Waals surface area (Å²) in [7, 11) is 0. The summed E-state index contributed by atoms with van der Waals surface area (Å²) < 4.78 is 0. The van der Waals surface area contributed by atoms with Gasteiger partial charge in [0.2, 0.25) is 0 Å². The molecule has 1 atom stereocenters. The summed E-state index contributed by atoms with van der Waals surface area (Å²) in [6, 6.07) is 7.69. The van der Waals surface area contributed by atoms with Crippen LogP contribution in [0.15, 0.2) is 24.3 Å². The summed E-state index contributed by atoms with van der Waals surface area (Å²) in [4.78, 5) is 11.9. The smallest absolute Gasteiger partial charge is 0.168 e. The molecule has 0 aliphatic rings. The Morgan fingerprint density at radius 1 is 1.25 bits per heavy atom. The van der Waals surface area contributed by atoms with Gasteiger partial charge in [0.05, 0.1) is 6.61 Å². The summed E-state index contributed by atoms with van der Waals surface area (Å²) in [5.41, 5.74) is 1.93. The molecule has 0 spiro atoms. The number of carbonyl (C=O) groups is 1. The standard InChI is InChI=1S/C14H20O2/c1-4-11(9-15)14(16)13-7-5-12(6-8-13)10(2)3/h5-8,10-11,15H,4,9H2,1-3H3. The Morgan fingerprint density at radius 2 is 1.81 bits per heavy atom. The molecule has 88 valence electrons. The van der Waals surface area contributed by atoms with Gasteiger partial charge in [-0.05, 0) is 17.9 Å². The molecule has 0 radical (unpaired) electrons. The molecule has 1 N–H and O–H groups in total. The Labute approximate surface area is 97.3 Å². The zero-order valence-electron chi connectivity index (χ0n) is 10.2. The van der Waals surface area contributed by atoms with Crippen molar-refractivity contribution in [3.05, 3.63) is 35.4 Å². The third-order valence-corrected chi connectivity index (χ3v) is 2.95. The van der Waals surface area contributed by atoms with Crippen molar-refractivity contribution >= 4 is 5.78 Å². The van der Waals surface area contributed by atoms with Crippen LogP contribution in [0.2, 0.25) is 0 Å². The van der Waals surface area contributed by atoms with Crippen molar-refractivity contribution in [1.82, 2.24) is 0 Å². The molecule has 0 aromatic heterocycles. The maximum Gasteiger partial charge on any atom is 0.168 e.